The standard InChI is InChI=1S/C11H18N4O2/c1-6(2)11-14-9(5-10(17)15-11)13-7(3)4-8(12)16/h5-7H,4H2,1-3H3,(H2,12,16)(H2,13,14,15,17). The molecule has 0 aliphatic rings. The van der Waals surface area contributed by atoms with Crippen molar-refractivity contribution in [3.63, 3.8) is 0 Å². The SMILES string of the molecule is CC(CC(N)=O)Nc1cc(=O)[nH]c(C(C)C)n1. The van der Waals surface area contributed by atoms with Crippen LogP contribution in [0, 0.1) is 0 Å². The van der Waals surface area contributed by atoms with E-state index in [-0.39, 0.29) is 29.8 Å². The number of H-pyrrole nitrogens is 1. The number of hydrogen-bond donors (Lipinski definition) is 3. The first-order chi connectivity index (χ1) is 7.88. The van der Waals surface area contributed by atoms with Crippen molar-refractivity contribution in [3.8, 4) is 0 Å². The van der Waals surface area contributed by atoms with Crippen molar-refractivity contribution in [3.05, 3.63) is 22.2 Å². The van der Waals surface area contributed by atoms with Crippen molar-refractivity contribution >= 4 is 11.7 Å². The highest BCUT2D eigenvalue weighted by Crippen LogP contribution is 2.10. The van der Waals surface area contributed by atoms with E-state index in [0.717, 1.165) is 0 Å². The van der Waals surface area contributed by atoms with Crippen molar-refractivity contribution in [2.24, 2.45) is 5.73 Å². The zero-order valence-corrected chi connectivity index (χ0v) is 10.3. The number of aromatic nitrogens is 2. The summed E-state index contributed by atoms with van der Waals surface area (Å²) in [5, 5.41) is 2.98. The first-order valence-electron chi connectivity index (χ1n) is 5.54. The summed E-state index contributed by atoms with van der Waals surface area (Å²) in [7, 11) is 0. The van der Waals surface area contributed by atoms with Crippen LogP contribution in [0.25, 0.3) is 0 Å². The Labute approximate surface area is 99.6 Å². The molecular formula is C11H18N4O2. The van der Waals surface area contributed by atoms with Gasteiger partial charge in [-0.1, -0.05) is 13.8 Å². The van der Waals surface area contributed by atoms with Crippen LogP contribution in [0.2, 0.25) is 0 Å². The van der Waals surface area contributed by atoms with Gasteiger partial charge in [-0.3, -0.25) is 9.59 Å². The highest BCUT2D eigenvalue weighted by molar-refractivity contribution is 5.74. The molecule has 0 radical (unpaired) electrons. The molecule has 0 aliphatic heterocycles. The summed E-state index contributed by atoms with van der Waals surface area (Å²) in [6, 6.07) is 1.21. The Bertz CT molecular complexity index is 453. The van der Waals surface area contributed by atoms with Gasteiger partial charge in [-0.25, -0.2) is 4.98 Å². The van der Waals surface area contributed by atoms with Gasteiger partial charge in [-0.15, -0.1) is 0 Å². The molecule has 1 rings (SSSR count). The Morgan fingerprint density at radius 1 is 1.53 bits per heavy atom. The molecule has 0 fully saturated rings. The molecular weight excluding hydrogens is 220 g/mol. The molecule has 0 spiro atoms. The second-order valence-electron chi connectivity index (χ2n) is 4.39. The second-order valence-corrected chi connectivity index (χ2v) is 4.39. The third-order valence-electron chi connectivity index (χ3n) is 2.21. The van der Waals surface area contributed by atoms with E-state index in [4.69, 9.17) is 5.73 Å². The van der Waals surface area contributed by atoms with Crippen LogP contribution in [0.15, 0.2) is 10.9 Å². The Balaban J connectivity index is 2.84. The lowest BCUT2D eigenvalue weighted by molar-refractivity contribution is -0.118. The van der Waals surface area contributed by atoms with Crippen LogP contribution < -0.4 is 16.6 Å². The van der Waals surface area contributed by atoms with Crippen molar-refractivity contribution in [1.29, 1.82) is 0 Å². The molecule has 1 unspecified atom stereocenters. The minimum atomic E-state index is -0.390. The molecule has 17 heavy (non-hydrogen) atoms. The number of aromatic amines is 1. The molecule has 0 saturated heterocycles. The highest BCUT2D eigenvalue weighted by atomic mass is 16.1. The van der Waals surface area contributed by atoms with Crippen LogP contribution in [0.5, 0.6) is 0 Å². The maximum Gasteiger partial charge on any atom is 0.252 e. The number of amides is 1. The van der Waals surface area contributed by atoms with Gasteiger partial charge in [0, 0.05) is 24.4 Å². The first-order valence-corrected chi connectivity index (χ1v) is 5.54. The Morgan fingerprint density at radius 3 is 2.71 bits per heavy atom. The smallest absolute Gasteiger partial charge is 0.252 e. The summed E-state index contributed by atoms with van der Waals surface area (Å²) in [6.45, 7) is 5.69. The molecule has 1 amide bonds. The van der Waals surface area contributed by atoms with E-state index in [1.165, 1.54) is 6.07 Å². The fourth-order valence-electron chi connectivity index (χ4n) is 1.43. The minimum Gasteiger partial charge on any atom is -0.370 e. The Morgan fingerprint density at radius 2 is 2.18 bits per heavy atom. The van der Waals surface area contributed by atoms with Crippen molar-refractivity contribution in [2.75, 3.05) is 5.32 Å². The van der Waals surface area contributed by atoms with Crippen LogP contribution in [0.1, 0.15) is 38.9 Å². The van der Waals surface area contributed by atoms with Gasteiger partial charge in [-0.2, -0.15) is 0 Å². The number of anilines is 1. The fraction of sp³-hybridized carbons (Fsp3) is 0.545. The van der Waals surface area contributed by atoms with Crippen molar-refractivity contribution in [1.82, 2.24) is 9.97 Å². The Kier molecular flexibility index (Phi) is 4.25. The lowest BCUT2D eigenvalue weighted by Gasteiger charge is -2.13. The third-order valence-corrected chi connectivity index (χ3v) is 2.21. The molecule has 4 N–H and O–H groups in total. The molecule has 94 valence electrons. The molecule has 0 bridgehead atoms. The van der Waals surface area contributed by atoms with Gasteiger partial charge in [0.1, 0.15) is 11.6 Å². The summed E-state index contributed by atoms with van der Waals surface area (Å²) < 4.78 is 0. The number of nitrogens with two attached hydrogens (primary N) is 1. The topological polar surface area (TPSA) is 101 Å². The highest BCUT2D eigenvalue weighted by Gasteiger charge is 2.09. The zero-order valence-electron chi connectivity index (χ0n) is 10.3. The van der Waals surface area contributed by atoms with Gasteiger partial charge < -0.3 is 16.0 Å². The van der Waals surface area contributed by atoms with E-state index >= 15 is 0 Å². The fourth-order valence-corrected chi connectivity index (χ4v) is 1.43. The minimum absolute atomic E-state index is 0.135. The number of carbonyl (C=O) groups excluding carboxylic acids is 1. The van der Waals surface area contributed by atoms with Crippen LogP contribution in [-0.2, 0) is 4.79 Å². The van der Waals surface area contributed by atoms with E-state index < -0.39 is 0 Å². The van der Waals surface area contributed by atoms with Gasteiger partial charge in [0.25, 0.3) is 5.56 Å². The first kappa shape index (κ1) is 13.2. The molecule has 0 aromatic carbocycles. The molecule has 0 aliphatic carbocycles. The number of nitrogens with one attached hydrogen (secondary N) is 2. The average molecular weight is 238 g/mol. The predicted molar refractivity (Wildman–Crippen MR) is 65.8 cm³/mol. The van der Waals surface area contributed by atoms with E-state index in [1.807, 2.05) is 20.8 Å². The monoisotopic (exact) mass is 238 g/mol. The van der Waals surface area contributed by atoms with E-state index in [1.54, 1.807) is 0 Å². The van der Waals surface area contributed by atoms with E-state index in [9.17, 15) is 9.59 Å². The summed E-state index contributed by atoms with van der Waals surface area (Å²) in [4.78, 5) is 29.1. The van der Waals surface area contributed by atoms with Crippen LogP contribution in [-0.4, -0.2) is 21.9 Å². The van der Waals surface area contributed by atoms with Gasteiger partial charge in [0.15, 0.2) is 0 Å². The molecule has 0 saturated carbocycles. The molecule has 1 heterocycles. The zero-order chi connectivity index (χ0) is 13.0. The second kappa shape index (κ2) is 5.47. The average Bonchev–Trinajstić information content (AvgIpc) is 2.14. The normalized spacial score (nSPS) is 12.5. The summed E-state index contributed by atoms with van der Waals surface area (Å²) in [5.41, 5.74) is 4.88. The molecule has 6 heteroatoms. The number of carbonyl (C=O) groups is 1. The van der Waals surface area contributed by atoms with E-state index in [2.05, 4.69) is 15.3 Å². The maximum absolute atomic E-state index is 11.4. The van der Waals surface area contributed by atoms with Gasteiger partial charge in [0.05, 0.1) is 0 Å². The van der Waals surface area contributed by atoms with E-state index in [0.29, 0.717) is 11.6 Å². The molecule has 1 aromatic rings. The van der Waals surface area contributed by atoms with Gasteiger partial charge in [0.2, 0.25) is 5.91 Å². The molecule has 6 nitrogen and oxygen atoms in total. The maximum atomic E-state index is 11.4. The number of primary amides is 1. The molecule has 1 aromatic heterocycles. The lowest BCUT2D eigenvalue weighted by Crippen LogP contribution is -2.25. The number of rotatable bonds is 5. The Hall–Kier alpha value is -1.85. The van der Waals surface area contributed by atoms with Gasteiger partial charge in [-0.05, 0) is 6.92 Å². The van der Waals surface area contributed by atoms with Gasteiger partial charge >= 0.3 is 0 Å². The third kappa shape index (κ3) is 4.26. The number of hydrogen-bond acceptors (Lipinski definition) is 4. The van der Waals surface area contributed by atoms with Crippen LogP contribution >= 0.6 is 0 Å². The van der Waals surface area contributed by atoms with Crippen molar-refractivity contribution in [2.45, 2.75) is 39.2 Å². The number of nitrogens with zero attached hydrogens (tertiary/aromatic N) is 1. The summed E-state index contributed by atoms with van der Waals surface area (Å²) >= 11 is 0. The van der Waals surface area contributed by atoms with Crippen LogP contribution in [0.4, 0.5) is 5.82 Å². The quantitative estimate of drug-likeness (QED) is 0.698. The lowest BCUT2D eigenvalue weighted by atomic mass is 10.2. The summed E-state index contributed by atoms with van der Waals surface area (Å²) in [5.74, 6) is 0.826. The largest absolute Gasteiger partial charge is 0.370 e. The molecule has 1 atom stereocenters. The summed E-state index contributed by atoms with van der Waals surface area (Å²) in [6.07, 6.45) is 0.200. The van der Waals surface area contributed by atoms with Crippen LogP contribution in [0.3, 0.4) is 0 Å². The van der Waals surface area contributed by atoms with Crippen molar-refractivity contribution < 1.29 is 4.79 Å². The predicted octanol–water partition coefficient (Wildman–Crippen LogP) is 0.569.